The van der Waals surface area contributed by atoms with Crippen molar-refractivity contribution in [3.63, 3.8) is 0 Å². The number of ketones is 2. The molecule has 3 nitrogen and oxygen atoms in total. The third-order valence-electron chi connectivity index (χ3n) is 2.01. The van der Waals surface area contributed by atoms with Crippen molar-refractivity contribution in [3.05, 3.63) is 29.6 Å². The largest absolute Gasteiger partial charge is 0.450 e. The van der Waals surface area contributed by atoms with E-state index < -0.39 is 41.6 Å². The number of halogens is 6. The average Bonchev–Trinajstić information content (AvgIpc) is 2.26. The van der Waals surface area contributed by atoms with Gasteiger partial charge in [-0.1, -0.05) is 0 Å². The number of carbonyl (C=O) groups is 2. The van der Waals surface area contributed by atoms with E-state index in [2.05, 4.69) is 4.98 Å². The van der Waals surface area contributed by atoms with Crippen LogP contribution in [0.1, 0.15) is 22.5 Å². The van der Waals surface area contributed by atoms with Crippen LogP contribution in [0.25, 0.3) is 0 Å². The van der Waals surface area contributed by atoms with E-state index in [9.17, 15) is 35.9 Å². The van der Waals surface area contributed by atoms with Crippen LogP contribution in [-0.4, -0.2) is 22.7 Å². The van der Waals surface area contributed by atoms with Gasteiger partial charge in [0, 0.05) is 11.8 Å². The van der Waals surface area contributed by atoms with E-state index >= 15 is 0 Å². The molecule has 0 aromatic carbocycles. The molecule has 19 heavy (non-hydrogen) atoms. The van der Waals surface area contributed by atoms with Crippen molar-refractivity contribution in [2.45, 2.75) is 18.8 Å². The molecule has 104 valence electrons. The van der Waals surface area contributed by atoms with E-state index in [4.69, 9.17) is 0 Å². The molecule has 0 saturated heterocycles. The van der Waals surface area contributed by atoms with Crippen molar-refractivity contribution < 1.29 is 35.9 Å². The number of alkyl halides is 6. The highest BCUT2D eigenvalue weighted by Gasteiger charge is 2.39. The second-order valence-corrected chi connectivity index (χ2v) is 3.45. The van der Waals surface area contributed by atoms with Gasteiger partial charge in [0.15, 0.2) is 5.78 Å². The van der Waals surface area contributed by atoms with Crippen LogP contribution in [0.3, 0.4) is 0 Å². The summed E-state index contributed by atoms with van der Waals surface area (Å²) < 4.78 is 72.0. The second-order valence-electron chi connectivity index (χ2n) is 3.45. The highest BCUT2D eigenvalue weighted by molar-refractivity contribution is 6.09. The highest BCUT2D eigenvalue weighted by atomic mass is 19.4. The lowest BCUT2D eigenvalue weighted by atomic mass is 10.1. The first kappa shape index (κ1) is 15.1. The maximum Gasteiger partial charge on any atom is 0.450 e. The molecule has 0 aliphatic heterocycles. The monoisotopic (exact) mass is 285 g/mol. The Balaban J connectivity index is 2.83. The van der Waals surface area contributed by atoms with E-state index in [1.807, 2.05) is 0 Å². The summed E-state index contributed by atoms with van der Waals surface area (Å²) in [5.41, 5.74) is -1.78. The zero-order chi connectivity index (χ0) is 14.8. The maximum atomic E-state index is 12.1. The van der Waals surface area contributed by atoms with E-state index in [1.165, 1.54) is 0 Å². The van der Waals surface area contributed by atoms with Gasteiger partial charge in [-0.05, 0) is 12.1 Å². The first-order valence-corrected chi connectivity index (χ1v) is 4.68. The molecule has 9 heteroatoms. The van der Waals surface area contributed by atoms with Crippen molar-refractivity contribution in [2.24, 2.45) is 0 Å². The normalized spacial score (nSPS) is 12.3. The van der Waals surface area contributed by atoms with Crippen LogP contribution >= 0.6 is 0 Å². The predicted molar refractivity (Wildman–Crippen MR) is 49.2 cm³/mol. The Morgan fingerprint density at radius 3 is 2.00 bits per heavy atom. The molecule has 1 heterocycles. The average molecular weight is 285 g/mol. The molecule has 1 rings (SSSR count). The summed E-state index contributed by atoms with van der Waals surface area (Å²) in [6.07, 6.45) is -10.9. The van der Waals surface area contributed by atoms with Gasteiger partial charge in [-0.2, -0.15) is 26.3 Å². The fourth-order valence-electron chi connectivity index (χ4n) is 1.07. The molecule has 0 unspecified atom stereocenters. The summed E-state index contributed by atoms with van der Waals surface area (Å²) in [4.78, 5) is 24.7. The standard InChI is InChI=1S/C10H5F6NO2/c11-9(12,13)7-2-1-5(4-17-7)6(18)3-8(19)10(14,15)16/h1-2,4H,3H2. The van der Waals surface area contributed by atoms with Crippen LogP contribution < -0.4 is 0 Å². The minimum absolute atomic E-state index is 0.450. The number of pyridine rings is 1. The molecule has 0 amide bonds. The molecule has 0 spiro atoms. The lowest BCUT2D eigenvalue weighted by Gasteiger charge is -2.06. The smallest absolute Gasteiger partial charge is 0.294 e. The Kier molecular flexibility index (Phi) is 3.97. The number of hydrogen-bond acceptors (Lipinski definition) is 3. The van der Waals surface area contributed by atoms with Crippen LogP contribution in [0.4, 0.5) is 26.3 Å². The van der Waals surface area contributed by atoms with E-state index in [1.54, 1.807) is 0 Å². The fourth-order valence-corrected chi connectivity index (χ4v) is 1.07. The minimum atomic E-state index is -5.16. The Hall–Kier alpha value is -1.93. The lowest BCUT2D eigenvalue weighted by Crippen LogP contribution is -2.25. The number of hydrogen-bond donors (Lipinski definition) is 0. The van der Waals surface area contributed by atoms with Crippen LogP contribution in [-0.2, 0) is 11.0 Å². The van der Waals surface area contributed by atoms with Gasteiger partial charge in [0.2, 0.25) is 5.78 Å². The Morgan fingerprint density at radius 2 is 1.63 bits per heavy atom. The van der Waals surface area contributed by atoms with Crippen LogP contribution in [0.15, 0.2) is 18.3 Å². The maximum absolute atomic E-state index is 12.1. The molecular formula is C10H5F6NO2. The first-order chi connectivity index (χ1) is 8.51. The molecule has 0 saturated carbocycles. The Morgan fingerprint density at radius 1 is 1.05 bits per heavy atom. The van der Waals surface area contributed by atoms with Crippen molar-refractivity contribution in [3.8, 4) is 0 Å². The van der Waals surface area contributed by atoms with Gasteiger partial charge < -0.3 is 0 Å². The van der Waals surface area contributed by atoms with Gasteiger partial charge >= 0.3 is 12.4 Å². The molecule has 1 aromatic heterocycles. The SMILES string of the molecule is O=C(CC(=O)C(F)(F)F)c1ccc(C(F)(F)F)nc1. The number of aromatic nitrogens is 1. The first-order valence-electron chi connectivity index (χ1n) is 4.68. The van der Waals surface area contributed by atoms with Gasteiger partial charge in [-0.15, -0.1) is 0 Å². The number of carbonyl (C=O) groups excluding carboxylic acids is 2. The van der Waals surface area contributed by atoms with E-state index in [0.717, 1.165) is 0 Å². The second kappa shape index (κ2) is 4.98. The Labute approximate surface area is 102 Å². The number of nitrogens with zero attached hydrogens (tertiary/aromatic N) is 1. The summed E-state index contributed by atoms with van der Waals surface area (Å²) in [6.45, 7) is 0. The third-order valence-corrected chi connectivity index (χ3v) is 2.01. The predicted octanol–water partition coefficient (Wildman–Crippen LogP) is 2.80. The summed E-state index contributed by atoms with van der Waals surface area (Å²) >= 11 is 0. The summed E-state index contributed by atoms with van der Waals surface area (Å²) in [5.74, 6) is -3.51. The molecule has 0 aliphatic rings. The quantitative estimate of drug-likeness (QED) is 0.487. The van der Waals surface area contributed by atoms with Gasteiger partial charge in [0.1, 0.15) is 5.69 Å². The van der Waals surface area contributed by atoms with Crippen LogP contribution in [0.5, 0.6) is 0 Å². The van der Waals surface area contributed by atoms with Crippen molar-refractivity contribution in [2.75, 3.05) is 0 Å². The van der Waals surface area contributed by atoms with Crippen LogP contribution in [0, 0.1) is 0 Å². The van der Waals surface area contributed by atoms with Gasteiger partial charge in [0.05, 0.1) is 6.42 Å². The highest BCUT2D eigenvalue weighted by Crippen LogP contribution is 2.27. The van der Waals surface area contributed by atoms with Gasteiger partial charge in [-0.3, -0.25) is 14.6 Å². The zero-order valence-corrected chi connectivity index (χ0v) is 8.97. The van der Waals surface area contributed by atoms with E-state index in [-0.39, 0.29) is 0 Å². The molecule has 0 bridgehead atoms. The zero-order valence-electron chi connectivity index (χ0n) is 8.97. The number of rotatable bonds is 3. The van der Waals surface area contributed by atoms with E-state index in [0.29, 0.717) is 18.3 Å². The topological polar surface area (TPSA) is 47.0 Å². The van der Waals surface area contributed by atoms with Crippen LogP contribution in [0.2, 0.25) is 0 Å². The number of Topliss-reactive ketones (excluding diaryl/α,β-unsaturated/α-hetero) is 2. The summed E-state index contributed by atoms with van der Waals surface area (Å²) in [5, 5.41) is 0. The summed E-state index contributed by atoms with van der Waals surface area (Å²) in [7, 11) is 0. The molecule has 0 radical (unpaired) electrons. The van der Waals surface area contributed by atoms with Gasteiger partial charge in [-0.25, -0.2) is 0 Å². The van der Waals surface area contributed by atoms with Crippen molar-refractivity contribution >= 4 is 11.6 Å². The molecule has 0 N–H and O–H groups in total. The third kappa shape index (κ3) is 4.04. The molecule has 0 atom stereocenters. The molecule has 1 aromatic rings. The lowest BCUT2D eigenvalue weighted by molar-refractivity contribution is -0.170. The Bertz CT molecular complexity index is 488. The molecular weight excluding hydrogens is 280 g/mol. The minimum Gasteiger partial charge on any atom is -0.294 e. The van der Waals surface area contributed by atoms with Crippen molar-refractivity contribution in [1.29, 1.82) is 0 Å². The van der Waals surface area contributed by atoms with Gasteiger partial charge in [0.25, 0.3) is 0 Å². The molecule has 0 aliphatic carbocycles. The van der Waals surface area contributed by atoms with Crippen molar-refractivity contribution in [1.82, 2.24) is 4.98 Å². The summed E-state index contributed by atoms with van der Waals surface area (Å²) in [6, 6.07) is 1.12. The molecule has 0 fully saturated rings. The fraction of sp³-hybridized carbons (Fsp3) is 0.300.